The van der Waals surface area contributed by atoms with E-state index in [2.05, 4.69) is 4.98 Å². The van der Waals surface area contributed by atoms with Crippen LogP contribution in [0.5, 0.6) is 0 Å². The molecule has 0 bridgehead atoms. The molecule has 0 aliphatic carbocycles. The maximum atomic E-state index is 15.6. The van der Waals surface area contributed by atoms with E-state index in [-0.39, 0.29) is 35.5 Å². The van der Waals surface area contributed by atoms with E-state index < -0.39 is 42.3 Å². The molecule has 0 amide bonds. The Morgan fingerprint density at radius 3 is 1.67 bits per heavy atom. The van der Waals surface area contributed by atoms with Gasteiger partial charge in [-0.15, -0.1) is 0 Å². The van der Waals surface area contributed by atoms with Gasteiger partial charge in [0.15, 0.2) is 12.8 Å². The summed E-state index contributed by atoms with van der Waals surface area (Å²) in [5, 5.41) is 0.540. The Hall–Kier alpha value is -4.76. The predicted molar refractivity (Wildman–Crippen MR) is 160 cm³/mol. The molecule has 0 spiro atoms. The van der Waals surface area contributed by atoms with Crippen LogP contribution in [0.2, 0.25) is 0 Å². The van der Waals surface area contributed by atoms with E-state index in [1.54, 1.807) is 74.5 Å². The molecule has 12 heteroatoms. The van der Waals surface area contributed by atoms with Crippen LogP contribution in [0.4, 0.5) is 0 Å². The predicted octanol–water partition coefficient (Wildman–Crippen LogP) is 2.69. The van der Waals surface area contributed by atoms with Crippen LogP contribution in [-0.2, 0) is 33.1 Å². The van der Waals surface area contributed by atoms with Crippen molar-refractivity contribution in [3.8, 4) is 0 Å². The number of hydrogen-bond acceptors (Lipinski definition) is 11. The summed E-state index contributed by atoms with van der Waals surface area (Å²) in [6.45, 7) is 3.06. The molecular formula is C31H33N2O9P. The zero-order valence-corrected chi connectivity index (χ0v) is 25.7. The first-order valence-corrected chi connectivity index (χ1v) is 15.0. The lowest BCUT2D eigenvalue weighted by molar-refractivity contribution is -0.141. The Morgan fingerprint density at radius 1 is 0.744 bits per heavy atom. The van der Waals surface area contributed by atoms with Gasteiger partial charge in [0, 0.05) is 30.0 Å². The Labute approximate surface area is 249 Å². The highest BCUT2D eigenvalue weighted by Crippen LogP contribution is 2.45. The van der Waals surface area contributed by atoms with Gasteiger partial charge in [0.2, 0.25) is 0 Å². The van der Waals surface area contributed by atoms with Crippen LogP contribution in [0.25, 0.3) is 5.57 Å². The number of methoxy groups -OCH3 is 2. The largest absolute Gasteiger partial charge is 0.465 e. The molecule has 0 aliphatic rings. The first-order chi connectivity index (χ1) is 20.6. The highest BCUT2D eigenvalue weighted by atomic mass is 31.2. The van der Waals surface area contributed by atoms with Crippen molar-refractivity contribution in [2.24, 2.45) is 0 Å². The molecule has 43 heavy (non-hydrogen) atoms. The second-order valence-corrected chi connectivity index (χ2v) is 11.8. The highest BCUT2D eigenvalue weighted by Gasteiger charge is 2.40. The van der Waals surface area contributed by atoms with E-state index in [0.29, 0.717) is 10.6 Å². The third-order valence-electron chi connectivity index (χ3n) is 6.23. The van der Waals surface area contributed by atoms with Crippen molar-refractivity contribution in [1.82, 2.24) is 9.88 Å². The number of carbonyl (C=O) groups is 4. The molecule has 2 aromatic carbocycles. The van der Waals surface area contributed by atoms with Gasteiger partial charge in [-0.1, -0.05) is 60.7 Å². The van der Waals surface area contributed by atoms with Gasteiger partial charge in [0.05, 0.1) is 38.7 Å². The van der Waals surface area contributed by atoms with Crippen LogP contribution in [0.15, 0.2) is 72.4 Å². The smallest absolute Gasteiger partial charge is 0.357 e. The Balaban J connectivity index is 2.71. The summed E-state index contributed by atoms with van der Waals surface area (Å²) in [6.07, 6.45) is 0. The van der Waals surface area contributed by atoms with Crippen LogP contribution >= 0.6 is 7.14 Å². The van der Waals surface area contributed by atoms with Gasteiger partial charge >= 0.3 is 23.9 Å². The number of likely N-dealkylation sites (N-methyl/N-ethyl adjacent to an activating group) is 1. The third-order valence-corrected chi connectivity index (χ3v) is 9.30. The fraction of sp³-hybridized carbons (Fsp3) is 0.258. The number of rotatable bonds is 11. The molecule has 0 atom stereocenters. The number of nitrogens with zero attached hydrogens (tertiary/aromatic N) is 2. The zero-order valence-electron chi connectivity index (χ0n) is 24.8. The van der Waals surface area contributed by atoms with E-state index in [9.17, 15) is 19.2 Å². The molecule has 3 rings (SSSR count). The van der Waals surface area contributed by atoms with Crippen molar-refractivity contribution in [2.75, 3.05) is 41.5 Å². The third kappa shape index (κ3) is 6.67. The minimum atomic E-state index is -4.01. The molecule has 3 aromatic rings. The molecule has 0 saturated heterocycles. The van der Waals surface area contributed by atoms with Crippen LogP contribution in [0.3, 0.4) is 0 Å². The molecule has 11 nitrogen and oxygen atoms in total. The van der Waals surface area contributed by atoms with Crippen molar-refractivity contribution >= 4 is 52.5 Å². The second-order valence-electron chi connectivity index (χ2n) is 9.07. The summed E-state index contributed by atoms with van der Waals surface area (Å²) in [7, 11) is 1.19. The van der Waals surface area contributed by atoms with Gasteiger partial charge in [0.25, 0.3) is 0 Å². The summed E-state index contributed by atoms with van der Waals surface area (Å²) < 4.78 is 36.0. The minimum Gasteiger partial charge on any atom is -0.465 e. The van der Waals surface area contributed by atoms with Crippen molar-refractivity contribution in [2.45, 2.75) is 13.8 Å². The molecule has 0 radical (unpaired) electrons. The number of ether oxygens (including phenoxy) is 4. The Bertz CT molecular complexity index is 1540. The summed E-state index contributed by atoms with van der Waals surface area (Å²) in [5.41, 5.74) is -1.91. The lowest BCUT2D eigenvalue weighted by Gasteiger charge is -2.26. The zero-order chi connectivity index (χ0) is 31.7. The number of pyridine rings is 1. The maximum Gasteiger partial charge on any atom is 0.357 e. The van der Waals surface area contributed by atoms with Crippen LogP contribution < -0.4 is 15.9 Å². The summed E-state index contributed by atoms with van der Waals surface area (Å²) in [4.78, 5) is 58.8. The van der Waals surface area contributed by atoms with Crippen molar-refractivity contribution in [1.29, 1.82) is 0 Å². The second kappa shape index (κ2) is 14.4. The molecule has 1 heterocycles. The maximum absolute atomic E-state index is 15.6. The van der Waals surface area contributed by atoms with E-state index in [1.807, 2.05) is 0 Å². The lowest BCUT2D eigenvalue weighted by atomic mass is 10.1. The monoisotopic (exact) mass is 608 g/mol. The van der Waals surface area contributed by atoms with Gasteiger partial charge in [-0.25, -0.2) is 24.2 Å². The molecule has 0 unspecified atom stereocenters. The average Bonchev–Trinajstić information content (AvgIpc) is 3.02. The number of carbonyl (C=O) groups excluding carboxylic acids is 4. The van der Waals surface area contributed by atoms with Crippen molar-refractivity contribution in [3.63, 3.8) is 0 Å². The van der Waals surface area contributed by atoms with E-state index >= 15 is 4.57 Å². The Morgan fingerprint density at radius 2 is 1.23 bits per heavy atom. The van der Waals surface area contributed by atoms with Crippen molar-refractivity contribution < 1.29 is 42.7 Å². The van der Waals surface area contributed by atoms with E-state index in [4.69, 9.17) is 18.9 Å². The molecule has 226 valence electrons. The van der Waals surface area contributed by atoms with Crippen LogP contribution in [-0.4, -0.2) is 75.3 Å². The summed E-state index contributed by atoms with van der Waals surface area (Å²) in [6, 6.07) is 18.0. The van der Waals surface area contributed by atoms with Gasteiger partial charge in [0.1, 0.15) is 11.3 Å². The van der Waals surface area contributed by atoms with Gasteiger partial charge in [-0.3, -0.25) is 0 Å². The first kappa shape index (κ1) is 32.8. The summed E-state index contributed by atoms with van der Waals surface area (Å²) >= 11 is 0. The minimum absolute atomic E-state index is 0.0201. The average molecular weight is 609 g/mol. The van der Waals surface area contributed by atoms with Crippen LogP contribution in [0, 0.1) is 0 Å². The molecular weight excluding hydrogens is 575 g/mol. The molecule has 0 saturated carbocycles. The van der Waals surface area contributed by atoms with Gasteiger partial charge < -0.3 is 28.4 Å². The SMILES string of the molecule is CCOC(=O)/C(=C(\C(=O)OCC)N(C)C)c1nc(C(=O)OC)c(C(=O)OC)cc1P(=O)(c1ccccc1)c1ccccc1. The van der Waals surface area contributed by atoms with E-state index in [1.165, 1.54) is 25.1 Å². The fourth-order valence-electron chi connectivity index (χ4n) is 4.36. The highest BCUT2D eigenvalue weighted by molar-refractivity contribution is 7.85. The number of aromatic nitrogens is 1. The Kier molecular flexibility index (Phi) is 11.0. The van der Waals surface area contributed by atoms with Gasteiger partial charge in [-0.2, -0.15) is 0 Å². The number of hydrogen-bond donors (Lipinski definition) is 0. The van der Waals surface area contributed by atoms with E-state index in [0.717, 1.165) is 14.2 Å². The van der Waals surface area contributed by atoms with Gasteiger partial charge in [-0.05, 0) is 19.9 Å². The number of esters is 4. The standard InChI is InChI=1S/C31H33N2O9P/c1-7-41-29(35)24(27(33(3)4)31(37)42-8-2)26-23(19-22(28(34)39-5)25(32-26)30(36)40-6)43(38,20-15-11-9-12-16-20)21-17-13-10-14-18-21/h9-19H,7-8H2,1-6H3/b27-24+. The number of benzene rings is 2. The van der Waals surface area contributed by atoms with Crippen molar-refractivity contribution in [3.05, 3.63) is 89.4 Å². The van der Waals surface area contributed by atoms with Crippen LogP contribution in [0.1, 0.15) is 40.4 Å². The first-order valence-electron chi connectivity index (χ1n) is 13.3. The quantitative estimate of drug-likeness (QED) is 0.137. The molecule has 0 N–H and O–H groups in total. The molecule has 0 fully saturated rings. The lowest BCUT2D eigenvalue weighted by Crippen LogP contribution is -2.34. The fourth-order valence-corrected chi connectivity index (χ4v) is 7.17. The summed E-state index contributed by atoms with van der Waals surface area (Å²) in [5.74, 6) is -3.89. The molecule has 0 aliphatic heterocycles. The normalized spacial score (nSPS) is 11.6. The molecule has 1 aromatic heterocycles. The topological polar surface area (TPSA) is 138 Å².